The summed E-state index contributed by atoms with van der Waals surface area (Å²) >= 11 is 0. The molecular formula is C18H18F2N6O3S. The van der Waals surface area contributed by atoms with E-state index in [9.17, 15) is 13.2 Å². The summed E-state index contributed by atoms with van der Waals surface area (Å²) in [5, 5.41) is 6.36. The number of sulfone groups is 1. The van der Waals surface area contributed by atoms with Gasteiger partial charge in [0, 0.05) is 25.5 Å². The minimum Gasteiger partial charge on any atom is -0.324 e. The molecule has 0 radical (unpaired) electrons. The number of carbonyl (C=O) groups excluding carboxylic acids is 1. The molecule has 1 aliphatic rings. The molecule has 2 amide bonds. The number of likely N-dealkylation sites (tertiary alicyclic amines) is 1. The van der Waals surface area contributed by atoms with Crippen molar-refractivity contribution < 1.29 is 22.0 Å². The number of carbonyl (C=O) groups is 1. The average molecular weight is 436 g/mol. The van der Waals surface area contributed by atoms with Crippen LogP contribution in [0.25, 0.3) is 5.52 Å². The highest BCUT2D eigenvalue weighted by molar-refractivity contribution is 7.92. The first-order valence-corrected chi connectivity index (χ1v) is 10.7. The van der Waals surface area contributed by atoms with Gasteiger partial charge in [0.25, 0.3) is 9.84 Å². The maximum absolute atomic E-state index is 15.6. The fraction of sp³-hybridized carbons (Fsp3) is 0.333. The van der Waals surface area contributed by atoms with E-state index < -0.39 is 26.1 Å². The first kappa shape index (κ1) is 20.1. The minimum atomic E-state index is -5.30. The van der Waals surface area contributed by atoms with Gasteiger partial charge in [0.15, 0.2) is 0 Å². The van der Waals surface area contributed by atoms with Gasteiger partial charge >= 0.3 is 11.4 Å². The molecule has 0 aromatic carbocycles. The van der Waals surface area contributed by atoms with Crippen LogP contribution >= 0.6 is 0 Å². The highest BCUT2D eigenvalue weighted by Gasteiger charge is 2.56. The normalized spacial score (nSPS) is 15.3. The summed E-state index contributed by atoms with van der Waals surface area (Å²) < 4.78 is 58.3. The van der Waals surface area contributed by atoms with E-state index in [2.05, 4.69) is 15.3 Å². The van der Waals surface area contributed by atoms with Gasteiger partial charge in [0.2, 0.25) is 0 Å². The zero-order valence-corrected chi connectivity index (χ0v) is 16.5. The number of hydrogen-bond donors (Lipinski definition) is 0. The summed E-state index contributed by atoms with van der Waals surface area (Å²) in [5.41, 5.74) is 0.172. The van der Waals surface area contributed by atoms with Gasteiger partial charge in [-0.2, -0.15) is 24.1 Å². The summed E-state index contributed by atoms with van der Waals surface area (Å²) in [6, 6.07) is 4.05. The summed E-state index contributed by atoms with van der Waals surface area (Å²) in [6.45, 7) is 0.534. The fourth-order valence-electron chi connectivity index (χ4n) is 3.33. The van der Waals surface area contributed by atoms with Crippen molar-refractivity contribution >= 4 is 27.1 Å². The maximum Gasteiger partial charge on any atom is 0.440 e. The predicted molar refractivity (Wildman–Crippen MR) is 103 cm³/mol. The lowest BCUT2D eigenvalue weighted by molar-refractivity contribution is 0.0840. The Bertz CT molecular complexity index is 1160. The molecule has 30 heavy (non-hydrogen) atoms. The van der Waals surface area contributed by atoms with Gasteiger partial charge in [-0.25, -0.2) is 22.6 Å². The number of pyridine rings is 1. The van der Waals surface area contributed by atoms with Crippen LogP contribution in [0.3, 0.4) is 0 Å². The maximum atomic E-state index is 15.6. The Labute approximate surface area is 170 Å². The molecule has 0 unspecified atom stereocenters. The van der Waals surface area contributed by atoms with Gasteiger partial charge in [-0.05, 0) is 43.5 Å². The van der Waals surface area contributed by atoms with Crippen LogP contribution in [-0.4, -0.2) is 57.6 Å². The van der Waals surface area contributed by atoms with Crippen molar-refractivity contribution in [2.75, 3.05) is 18.0 Å². The van der Waals surface area contributed by atoms with Crippen molar-refractivity contribution in [1.82, 2.24) is 24.7 Å². The highest BCUT2D eigenvalue weighted by Crippen LogP contribution is 2.37. The van der Waals surface area contributed by atoms with Crippen molar-refractivity contribution in [3.05, 3.63) is 49.1 Å². The van der Waals surface area contributed by atoms with Gasteiger partial charge < -0.3 is 4.90 Å². The molecule has 3 aromatic rings. The molecule has 158 valence electrons. The Morgan fingerprint density at radius 3 is 2.50 bits per heavy atom. The monoisotopic (exact) mass is 436 g/mol. The molecule has 0 N–H and O–H groups in total. The number of urea groups is 1. The molecule has 0 aliphatic carbocycles. The number of fused-ring (bicyclic) bond motifs is 1. The van der Waals surface area contributed by atoms with Crippen LogP contribution in [0.1, 0.15) is 19.3 Å². The lowest BCUT2D eigenvalue weighted by Gasteiger charge is -2.36. The largest absolute Gasteiger partial charge is 0.440 e. The van der Waals surface area contributed by atoms with E-state index in [1.807, 2.05) is 0 Å². The molecule has 12 heteroatoms. The smallest absolute Gasteiger partial charge is 0.324 e. The first-order valence-electron chi connectivity index (χ1n) is 9.24. The van der Waals surface area contributed by atoms with Crippen molar-refractivity contribution in [2.45, 2.75) is 29.5 Å². The van der Waals surface area contributed by atoms with Crippen molar-refractivity contribution in [2.24, 2.45) is 0 Å². The van der Waals surface area contributed by atoms with Gasteiger partial charge in [-0.1, -0.05) is 0 Å². The Hall–Kier alpha value is -3.15. The van der Waals surface area contributed by atoms with Crippen molar-refractivity contribution in [3.8, 4) is 0 Å². The van der Waals surface area contributed by atoms with Crippen LogP contribution in [0.5, 0.6) is 0 Å². The lowest BCUT2D eigenvalue weighted by Crippen LogP contribution is -2.56. The second-order valence-electron chi connectivity index (χ2n) is 6.82. The third-order valence-electron chi connectivity index (χ3n) is 4.91. The van der Waals surface area contributed by atoms with E-state index in [4.69, 9.17) is 0 Å². The van der Waals surface area contributed by atoms with Crippen LogP contribution in [-0.2, 0) is 9.84 Å². The molecule has 4 heterocycles. The zero-order valence-electron chi connectivity index (χ0n) is 15.7. The second-order valence-corrected chi connectivity index (χ2v) is 8.79. The number of anilines is 1. The number of hydrogen-bond acceptors (Lipinski definition) is 6. The molecule has 0 bridgehead atoms. The number of halogens is 2. The van der Waals surface area contributed by atoms with Gasteiger partial charge in [-0.3, -0.25) is 0 Å². The van der Waals surface area contributed by atoms with E-state index in [0.29, 0.717) is 18.4 Å². The van der Waals surface area contributed by atoms with E-state index in [1.165, 1.54) is 21.7 Å². The summed E-state index contributed by atoms with van der Waals surface area (Å²) in [4.78, 5) is 13.6. The van der Waals surface area contributed by atoms with Gasteiger partial charge in [0.1, 0.15) is 0 Å². The van der Waals surface area contributed by atoms with Crippen LogP contribution in [0.15, 0.2) is 53.9 Å². The second kappa shape index (κ2) is 7.59. The van der Waals surface area contributed by atoms with Gasteiger partial charge in [-0.15, -0.1) is 0 Å². The van der Waals surface area contributed by atoms with E-state index in [0.717, 1.165) is 37.1 Å². The molecule has 1 saturated heterocycles. The lowest BCUT2D eigenvalue weighted by atomic mass is 10.1. The SMILES string of the molecule is O=C(N1CCCCC1)N(c1ccnnc1)C(F)(F)S(=O)(=O)c1ccc2ccnn2c1. The van der Waals surface area contributed by atoms with Crippen molar-refractivity contribution in [1.29, 1.82) is 0 Å². The highest BCUT2D eigenvalue weighted by atomic mass is 32.2. The molecule has 3 aromatic heterocycles. The molecule has 1 fully saturated rings. The van der Waals surface area contributed by atoms with Crippen molar-refractivity contribution in [3.63, 3.8) is 0 Å². The molecule has 0 atom stereocenters. The van der Waals surface area contributed by atoms with Crippen LogP contribution < -0.4 is 4.90 Å². The minimum absolute atomic E-state index is 0.0182. The molecule has 0 spiro atoms. The number of piperidine rings is 1. The number of amides is 2. The Morgan fingerprint density at radius 1 is 1.03 bits per heavy atom. The molecule has 0 saturated carbocycles. The standard InChI is InChI=1S/C18H18F2N6O3S/c19-18(20,30(28,29)16-5-4-14-7-9-23-25(14)13-16)26(15-6-8-21-22-12-15)17(27)24-10-2-1-3-11-24/h4-9,12-13H,1-3,10-11H2. The van der Waals surface area contributed by atoms with E-state index in [1.54, 1.807) is 6.07 Å². The Kier molecular flexibility index (Phi) is 5.10. The molecule has 4 rings (SSSR count). The summed E-state index contributed by atoms with van der Waals surface area (Å²) in [6.07, 6.45) is 6.64. The number of nitrogens with zero attached hydrogens (tertiary/aromatic N) is 6. The van der Waals surface area contributed by atoms with E-state index in [-0.39, 0.29) is 23.7 Å². The average Bonchev–Trinajstić information content (AvgIpc) is 3.23. The first-order chi connectivity index (χ1) is 14.3. The zero-order chi connectivity index (χ0) is 21.4. The molecule has 9 nitrogen and oxygen atoms in total. The number of rotatable bonds is 4. The van der Waals surface area contributed by atoms with Crippen LogP contribution in [0, 0.1) is 0 Å². The fourth-order valence-corrected chi connectivity index (χ4v) is 4.52. The molecular weight excluding hydrogens is 418 g/mol. The predicted octanol–water partition coefficient (Wildman–Crippen LogP) is 2.56. The van der Waals surface area contributed by atoms with Crippen LogP contribution in [0.4, 0.5) is 19.3 Å². The third kappa shape index (κ3) is 3.36. The van der Waals surface area contributed by atoms with Gasteiger partial charge in [0.05, 0.1) is 28.5 Å². The summed E-state index contributed by atoms with van der Waals surface area (Å²) in [7, 11) is -5.30. The Balaban J connectivity index is 1.80. The topological polar surface area (TPSA) is 101 Å². The molecule has 1 aliphatic heterocycles. The number of alkyl halides is 2. The quantitative estimate of drug-likeness (QED) is 0.583. The Morgan fingerprint density at radius 2 is 1.80 bits per heavy atom. The van der Waals surface area contributed by atoms with Crippen LogP contribution in [0.2, 0.25) is 0 Å². The van der Waals surface area contributed by atoms with E-state index >= 15 is 8.78 Å². The number of aromatic nitrogens is 4. The summed E-state index contributed by atoms with van der Waals surface area (Å²) in [5.74, 6) is 0. The third-order valence-corrected chi connectivity index (χ3v) is 6.60.